The first-order chi connectivity index (χ1) is 15.0. The van der Waals surface area contributed by atoms with Gasteiger partial charge < -0.3 is 24.6 Å². The van der Waals surface area contributed by atoms with E-state index in [-0.39, 0.29) is 0 Å². The number of hydrogen-bond acceptors (Lipinski definition) is 7. The average Bonchev–Trinajstić information content (AvgIpc) is 2.79. The van der Waals surface area contributed by atoms with Crippen molar-refractivity contribution in [1.82, 2.24) is 19.8 Å². The second kappa shape index (κ2) is 11.3. The van der Waals surface area contributed by atoms with Crippen LogP contribution in [0.3, 0.4) is 0 Å². The molecular weight excluding hydrogens is 390 g/mol. The molecule has 1 heterocycles. The highest BCUT2D eigenvalue weighted by Crippen LogP contribution is 2.23. The van der Waals surface area contributed by atoms with Crippen LogP contribution in [0.5, 0.6) is 11.5 Å². The first-order valence-electron chi connectivity index (χ1n) is 10.3. The van der Waals surface area contributed by atoms with E-state index < -0.39 is 0 Å². The number of methoxy groups -OCH3 is 1. The van der Waals surface area contributed by atoms with Crippen LogP contribution in [0.25, 0.3) is 11.1 Å². The van der Waals surface area contributed by atoms with Crippen molar-refractivity contribution in [2.45, 2.75) is 0 Å². The van der Waals surface area contributed by atoms with E-state index >= 15 is 0 Å². The van der Waals surface area contributed by atoms with Crippen LogP contribution in [0, 0.1) is 0 Å². The SMILES string of the molecule is COc1ccc(-c2cnc(Nc3ccc(OCCN(C)CCN(C)C)cc3)nc2)cc1. The van der Waals surface area contributed by atoms with Crippen molar-refractivity contribution in [1.29, 1.82) is 0 Å². The smallest absolute Gasteiger partial charge is 0.227 e. The highest BCUT2D eigenvalue weighted by atomic mass is 16.5. The molecule has 0 aliphatic rings. The summed E-state index contributed by atoms with van der Waals surface area (Å²) in [6, 6.07) is 15.7. The minimum atomic E-state index is 0.549. The third-order valence-electron chi connectivity index (χ3n) is 4.86. The summed E-state index contributed by atoms with van der Waals surface area (Å²) >= 11 is 0. The lowest BCUT2D eigenvalue weighted by Gasteiger charge is -2.19. The lowest BCUT2D eigenvalue weighted by atomic mass is 10.1. The van der Waals surface area contributed by atoms with Gasteiger partial charge in [0.25, 0.3) is 0 Å². The van der Waals surface area contributed by atoms with E-state index in [4.69, 9.17) is 9.47 Å². The van der Waals surface area contributed by atoms with E-state index in [0.717, 1.165) is 47.9 Å². The van der Waals surface area contributed by atoms with Crippen LogP contribution in [0.15, 0.2) is 60.9 Å². The second-order valence-electron chi connectivity index (χ2n) is 7.63. The zero-order valence-corrected chi connectivity index (χ0v) is 18.7. The normalized spacial score (nSPS) is 11.0. The van der Waals surface area contributed by atoms with Gasteiger partial charge in [0.15, 0.2) is 0 Å². The van der Waals surface area contributed by atoms with Crippen LogP contribution in [0.4, 0.5) is 11.6 Å². The van der Waals surface area contributed by atoms with E-state index in [2.05, 4.69) is 46.2 Å². The monoisotopic (exact) mass is 421 g/mol. The fourth-order valence-corrected chi connectivity index (χ4v) is 2.89. The van der Waals surface area contributed by atoms with Gasteiger partial charge in [-0.25, -0.2) is 9.97 Å². The van der Waals surface area contributed by atoms with Crippen LogP contribution in [-0.2, 0) is 0 Å². The van der Waals surface area contributed by atoms with Crippen molar-refractivity contribution >= 4 is 11.6 Å². The number of benzene rings is 2. The Kier molecular flexibility index (Phi) is 8.20. The lowest BCUT2D eigenvalue weighted by molar-refractivity contribution is 0.222. The molecule has 31 heavy (non-hydrogen) atoms. The molecule has 3 aromatic rings. The Hall–Kier alpha value is -3.16. The van der Waals surface area contributed by atoms with Crippen LogP contribution in [0.2, 0.25) is 0 Å². The predicted molar refractivity (Wildman–Crippen MR) is 125 cm³/mol. The van der Waals surface area contributed by atoms with Crippen molar-refractivity contribution in [3.63, 3.8) is 0 Å². The molecule has 0 saturated carbocycles. The fraction of sp³-hybridized carbons (Fsp3) is 0.333. The molecule has 0 unspecified atom stereocenters. The minimum Gasteiger partial charge on any atom is -0.497 e. The summed E-state index contributed by atoms with van der Waals surface area (Å²) in [4.78, 5) is 13.3. The summed E-state index contributed by atoms with van der Waals surface area (Å²) in [5.74, 6) is 2.22. The number of hydrogen-bond donors (Lipinski definition) is 1. The van der Waals surface area contributed by atoms with E-state index in [1.54, 1.807) is 19.5 Å². The third-order valence-corrected chi connectivity index (χ3v) is 4.86. The van der Waals surface area contributed by atoms with Gasteiger partial charge in [-0.05, 0) is 63.1 Å². The Labute approximate surface area is 184 Å². The molecule has 0 saturated heterocycles. The first-order valence-corrected chi connectivity index (χ1v) is 10.3. The van der Waals surface area contributed by atoms with Gasteiger partial charge in [0.2, 0.25) is 5.95 Å². The van der Waals surface area contributed by atoms with Gasteiger partial charge in [-0.1, -0.05) is 12.1 Å². The quantitative estimate of drug-likeness (QED) is 0.506. The molecule has 0 radical (unpaired) electrons. The van der Waals surface area contributed by atoms with Gasteiger partial charge in [0.05, 0.1) is 7.11 Å². The molecule has 0 aliphatic carbocycles. The van der Waals surface area contributed by atoms with Gasteiger partial charge in [-0.3, -0.25) is 0 Å². The Morgan fingerprint density at radius 1 is 0.774 bits per heavy atom. The zero-order chi connectivity index (χ0) is 22.1. The van der Waals surface area contributed by atoms with Gasteiger partial charge >= 0.3 is 0 Å². The number of ether oxygens (including phenoxy) is 2. The van der Waals surface area contributed by atoms with Crippen LogP contribution in [-0.4, -0.2) is 74.3 Å². The van der Waals surface area contributed by atoms with Gasteiger partial charge in [0.1, 0.15) is 18.1 Å². The van der Waals surface area contributed by atoms with E-state index in [0.29, 0.717) is 12.6 Å². The largest absolute Gasteiger partial charge is 0.497 e. The van der Waals surface area contributed by atoms with Crippen LogP contribution in [0.1, 0.15) is 0 Å². The highest BCUT2D eigenvalue weighted by molar-refractivity contribution is 5.63. The van der Waals surface area contributed by atoms with Crippen molar-refractivity contribution in [2.24, 2.45) is 0 Å². The van der Waals surface area contributed by atoms with Crippen molar-refractivity contribution in [2.75, 3.05) is 59.8 Å². The molecule has 164 valence electrons. The zero-order valence-electron chi connectivity index (χ0n) is 18.7. The molecule has 0 atom stereocenters. The number of likely N-dealkylation sites (N-methyl/N-ethyl adjacent to an activating group) is 2. The van der Waals surface area contributed by atoms with E-state index in [9.17, 15) is 0 Å². The average molecular weight is 422 g/mol. The molecule has 2 aromatic carbocycles. The number of nitrogens with zero attached hydrogens (tertiary/aromatic N) is 4. The van der Waals surface area contributed by atoms with Crippen molar-refractivity contribution in [3.8, 4) is 22.6 Å². The molecule has 0 aliphatic heterocycles. The number of anilines is 2. The summed E-state index contributed by atoms with van der Waals surface area (Å²) < 4.78 is 11.0. The maximum Gasteiger partial charge on any atom is 0.227 e. The topological polar surface area (TPSA) is 62.8 Å². The highest BCUT2D eigenvalue weighted by Gasteiger charge is 2.04. The Balaban J connectivity index is 1.48. The maximum absolute atomic E-state index is 5.85. The molecule has 1 N–H and O–H groups in total. The van der Waals surface area contributed by atoms with Gasteiger partial charge in [0, 0.05) is 43.3 Å². The van der Waals surface area contributed by atoms with Crippen molar-refractivity contribution < 1.29 is 9.47 Å². The summed E-state index contributed by atoms with van der Waals surface area (Å²) in [6.45, 7) is 3.62. The molecule has 1 aromatic heterocycles. The van der Waals surface area contributed by atoms with Gasteiger partial charge in [-0.2, -0.15) is 0 Å². The predicted octanol–water partition coefficient (Wildman–Crippen LogP) is 3.77. The van der Waals surface area contributed by atoms with Crippen LogP contribution >= 0.6 is 0 Å². The standard InChI is InChI=1S/C24H31N5O2/c1-28(2)13-14-29(3)15-16-31-23-11-7-21(8-12-23)27-24-25-17-20(18-26-24)19-5-9-22(30-4)10-6-19/h5-12,17-18H,13-16H2,1-4H3,(H,25,26,27). The summed E-state index contributed by atoms with van der Waals surface area (Å²) in [6.07, 6.45) is 3.61. The lowest BCUT2D eigenvalue weighted by Crippen LogP contribution is -2.31. The molecule has 0 spiro atoms. The number of nitrogens with one attached hydrogen (secondary N) is 1. The van der Waals surface area contributed by atoms with Crippen LogP contribution < -0.4 is 14.8 Å². The molecule has 7 heteroatoms. The molecular formula is C24H31N5O2. The summed E-state index contributed by atoms with van der Waals surface area (Å²) in [5.41, 5.74) is 2.90. The molecule has 0 amide bonds. The Morgan fingerprint density at radius 3 is 2.03 bits per heavy atom. The van der Waals surface area contributed by atoms with E-state index in [1.165, 1.54) is 0 Å². The molecule has 0 fully saturated rings. The summed E-state index contributed by atoms with van der Waals surface area (Å²) in [5, 5.41) is 3.22. The third kappa shape index (κ3) is 7.24. The molecule has 0 bridgehead atoms. The summed E-state index contributed by atoms with van der Waals surface area (Å²) in [7, 11) is 7.93. The fourth-order valence-electron chi connectivity index (χ4n) is 2.89. The Bertz CT molecular complexity index is 912. The minimum absolute atomic E-state index is 0.549. The first kappa shape index (κ1) is 22.5. The molecule has 7 nitrogen and oxygen atoms in total. The van der Waals surface area contributed by atoms with E-state index in [1.807, 2.05) is 48.5 Å². The Morgan fingerprint density at radius 2 is 1.42 bits per heavy atom. The van der Waals surface area contributed by atoms with Gasteiger partial charge in [-0.15, -0.1) is 0 Å². The maximum atomic E-state index is 5.85. The number of rotatable bonds is 11. The number of aromatic nitrogens is 2. The van der Waals surface area contributed by atoms with Crippen molar-refractivity contribution in [3.05, 3.63) is 60.9 Å². The molecule has 3 rings (SSSR count). The second-order valence-corrected chi connectivity index (χ2v) is 7.63.